The number of amides is 1. The van der Waals surface area contributed by atoms with Gasteiger partial charge in [-0.05, 0) is 44.9 Å². The standard InChI is InChI=1S/C18H31NO4/c1-3-4-5-8-16(20)19-15-13-18(10-6-7-12-23-18)11-9-14(15)17(21)22-2/h14-15H,3-13H2,1-2H3,(H,19,20). The predicted octanol–water partition coefficient (Wildman–Crippen LogP) is 2.96. The number of carbonyl (C=O) groups is 2. The Kier molecular flexibility index (Phi) is 6.88. The van der Waals surface area contributed by atoms with Gasteiger partial charge in [-0.25, -0.2) is 0 Å². The average molecular weight is 325 g/mol. The average Bonchev–Trinajstić information content (AvgIpc) is 2.55. The van der Waals surface area contributed by atoms with E-state index in [1.54, 1.807) is 0 Å². The highest BCUT2D eigenvalue weighted by atomic mass is 16.5. The third-order valence-electron chi connectivity index (χ3n) is 5.28. The number of unbranched alkanes of at least 4 members (excludes halogenated alkanes) is 2. The number of ether oxygens (including phenoxy) is 2. The van der Waals surface area contributed by atoms with Crippen molar-refractivity contribution in [3.63, 3.8) is 0 Å². The van der Waals surface area contributed by atoms with E-state index in [-0.39, 0.29) is 29.4 Å². The molecular weight excluding hydrogens is 294 g/mol. The molecule has 1 aliphatic carbocycles. The number of nitrogens with one attached hydrogen (secondary N) is 1. The van der Waals surface area contributed by atoms with E-state index < -0.39 is 0 Å². The van der Waals surface area contributed by atoms with Gasteiger partial charge in [-0.15, -0.1) is 0 Å². The van der Waals surface area contributed by atoms with Crippen molar-refractivity contribution >= 4 is 11.9 Å². The van der Waals surface area contributed by atoms with Crippen LogP contribution in [0.5, 0.6) is 0 Å². The fourth-order valence-corrected chi connectivity index (χ4v) is 3.93. The first-order valence-electron chi connectivity index (χ1n) is 9.11. The molecule has 3 atom stereocenters. The zero-order valence-corrected chi connectivity index (χ0v) is 14.6. The quantitative estimate of drug-likeness (QED) is 0.602. The van der Waals surface area contributed by atoms with Crippen LogP contribution >= 0.6 is 0 Å². The van der Waals surface area contributed by atoms with E-state index in [4.69, 9.17) is 9.47 Å². The van der Waals surface area contributed by atoms with Gasteiger partial charge in [0.15, 0.2) is 0 Å². The molecule has 1 heterocycles. The summed E-state index contributed by atoms with van der Waals surface area (Å²) in [5.41, 5.74) is -0.149. The molecule has 1 spiro atoms. The van der Waals surface area contributed by atoms with Crippen LogP contribution in [0.2, 0.25) is 0 Å². The van der Waals surface area contributed by atoms with Gasteiger partial charge in [0, 0.05) is 19.1 Å². The Morgan fingerprint density at radius 1 is 1.26 bits per heavy atom. The van der Waals surface area contributed by atoms with Crippen LogP contribution in [0.25, 0.3) is 0 Å². The van der Waals surface area contributed by atoms with Crippen LogP contribution in [0, 0.1) is 5.92 Å². The molecule has 2 rings (SSSR count). The third kappa shape index (κ3) is 4.93. The Morgan fingerprint density at radius 2 is 2.09 bits per heavy atom. The van der Waals surface area contributed by atoms with E-state index in [0.29, 0.717) is 6.42 Å². The number of rotatable bonds is 6. The van der Waals surface area contributed by atoms with Gasteiger partial charge in [0.2, 0.25) is 5.91 Å². The summed E-state index contributed by atoms with van der Waals surface area (Å²) in [4.78, 5) is 24.3. The zero-order chi connectivity index (χ0) is 16.7. The summed E-state index contributed by atoms with van der Waals surface area (Å²) >= 11 is 0. The fraction of sp³-hybridized carbons (Fsp3) is 0.889. The molecule has 0 aromatic heterocycles. The minimum absolute atomic E-state index is 0.0465. The molecule has 23 heavy (non-hydrogen) atoms. The molecule has 0 aromatic carbocycles. The summed E-state index contributed by atoms with van der Waals surface area (Å²) in [5.74, 6) is -0.411. The second-order valence-electron chi connectivity index (χ2n) is 6.99. The maximum absolute atomic E-state index is 12.2. The van der Waals surface area contributed by atoms with Crippen molar-refractivity contribution in [2.75, 3.05) is 13.7 Å². The van der Waals surface area contributed by atoms with E-state index in [1.807, 2.05) is 0 Å². The molecule has 0 radical (unpaired) electrons. The molecule has 1 saturated heterocycles. The van der Waals surface area contributed by atoms with Gasteiger partial charge >= 0.3 is 5.97 Å². The highest BCUT2D eigenvalue weighted by Gasteiger charge is 2.45. The topological polar surface area (TPSA) is 64.6 Å². The molecule has 0 bridgehead atoms. The van der Waals surface area contributed by atoms with Gasteiger partial charge in [0.25, 0.3) is 0 Å². The lowest BCUT2D eigenvalue weighted by Crippen LogP contribution is -2.54. The molecule has 1 aliphatic heterocycles. The molecule has 5 heteroatoms. The summed E-state index contributed by atoms with van der Waals surface area (Å²) in [7, 11) is 1.42. The van der Waals surface area contributed by atoms with E-state index in [0.717, 1.165) is 58.0 Å². The summed E-state index contributed by atoms with van der Waals surface area (Å²) < 4.78 is 11.0. The molecule has 2 aliphatic rings. The van der Waals surface area contributed by atoms with Crippen molar-refractivity contribution in [1.29, 1.82) is 0 Å². The lowest BCUT2D eigenvalue weighted by atomic mass is 9.72. The molecule has 5 nitrogen and oxygen atoms in total. The van der Waals surface area contributed by atoms with Crippen LogP contribution in [0.15, 0.2) is 0 Å². The third-order valence-corrected chi connectivity index (χ3v) is 5.28. The number of carbonyl (C=O) groups excluding carboxylic acids is 2. The molecule has 1 amide bonds. The largest absolute Gasteiger partial charge is 0.469 e. The van der Waals surface area contributed by atoms with Crippen LogP contribution in [0.3, 0.4) is 0 Å². The van der Waals surface area contributed by atoms with Gasteiger partial charge < -0.3 is 14.8 Å². The van der Waals surface area contributed by atoms with Gasteiger partial charge in [-0.1, -0.05) is 19.8 Å². The van der Waals surface area contributed by atoms with Crippen molar-refractivity contribution in [3.05, 3.63) is 0 Å². The smallest absolute Gasteiger partial charge is 0.310 e. The van der Waals surface area contributed by atoms with Gasteiger partial charge in [0.05, 0.1) is 18.6 Å². The SMILES string of the molecule is CCCCCC(=O)NC1CC2(CCCCO2)CCC1C(=O)OC. The van der Waals surface area contributed by atoms with E-state index >= 15 is 0 Å². The maximum Gasteiger partial charge on any atom is 0.310 e. The highest BCUT2D eigenvalue weighted by Crippen LogP contribution is 2.41. The van der Waals surface area contributed by atoms with Crippen LogP contribution in [-0.4, -0.2) is 37.2 Å². The van der Waals surface area contributed by atoms with Crippen LogP contribution < -0.4 is 5.32 Å². The Morgan fingerprint density at radius 3 is 2.74 bits per heavy atom. The van der Waals surface area contributed by atoms with Crippen molar-refractivity contribution in [3.8, 4) is 0 Å². The first kappa shape index (κ1) is 18.2. The number of esters is 1. The molecular formula is C18H31NO4. The van der Waals surface area contributed by atoms with Crippen molar-refractivity contribution in [2.45, 2.75) is 82.8 Å². The Bertz CT molecular complexity index is 404. The Hall–Kier alpha value is -1.10. The van der Waals surface area contributed by atoms with Gasteiger partial charge in [-0.2, -0.15) is 0 Å². The molecule has 1 saturated carbocycles. The van der Waals surface area contributed by atoms with E-state index in [1.165, 1.54) is 13.5 Å². The summed E-state index contributed by atoms with van der Waals surface area (Å²) in [5, 5.41) is 3.09. The number of methoxy groups -OCH3 is 1. The monoisotopic (exact) mass is 325 g/mol. The molecule has 0 aromatic rings. The number of hydrogen-bond acceptors (Lipinski definition) is 4. The maximum atomic E-state index is 12.2. The lowest BCUT2D eigenvalue weighted by Gasteiger charge is -2.45. The summed E-state index contributed by atoms with van der Waals surface area (Å²) in [6, 6.07) is -0.163. The predicted molar refractivity (Wildman–Crippen MR) is 88.0 cm³/mol. The van der Waals surface area contributed by atoms with Crippen molar-refractivity contribution in [1.82, 2.24) is 5.32 Å². The molecule has 3 unspecified atom stereocenters. The second-order valence-corrected chi connectivity index (χ2v) is 6.99. The lowest BCUT2D eigenvalue weighted by molar-refractivity contribution is -0.155. The van der Waals surface area contributed by atoms with E-state index in [9.17, 15) is 9.59 Å². The molecule has 132 valence electrons. The minimum Gasteiger partial charge on any atom is -0.469 e. The first-order valence-corrected chi connectivity index (χ1v) is 9.11. The van der Waals surface area contributed by atoms with Crippen molar-refractivity contribution < 1.29 is 19.1 Å². The first-order chi connectivity index (χ1) is 11.1. The molecule has 1 N–H and O–H groups in total. The normalized spacial score (nSPS) is 30.9. The minimum atomic E-state index is -0.244. The summed E-state index contributed by atoms with van der Waals surface area (Å²) in [6.45, 7) is 2.91. The van der Waals surface area contributed by atoms with Crippen LogP contribution in [0.4, 0.5) is 0 Å². The molecule has 2 fully saturated rings. The Labute approximate surface area is 139 Å². The summed E-state index contributed by atoms with van der Waals surface area (Å²) in [6.07, 6.45) is 9.24. The van der Waals surface area contributed by atoms with Gasteiger partial charge in [0.1, 0.15) is 0 Å². The highest BCUT2D eigenvalue weighted by molar-refractivity contribution is 5.78. The zero-order valence-electron chi connectivity index (χ0n) is 14.6. The van der Waals surface area contributed by atoms with E-state index in [2.05, 4.69) is 12.2 Å². The van der Waals surface area contributed by atoms with Gasteiger partial charge in [-0.3, -0.25) is 9.59 Å². The van der Waals surface area contributed by atoms with Crippen LogP contribution in [-0.2, 0) is 19.1 Å². The number of hydrogen-bond donors (Lipinski definition) is 1. The second kappa shape index (κ2) is 8.67. The fourth-order valence-electron chi connectivity index (χ4n) is 3.93. The van der Waals surface area contributed by atoms with Crippen molar-refractivity contribution in [2.24, 2.45) is 5.92 Å². The van der Waals surface area contributed by atoms with Crippen LogP contribution in [0.1, 0.15) is 71.1 Å². The Balaban J connectivity index is 1.99.